The van der Waals surface area contributed by atoms with Crippen LogP contribution in [-0.4, -0.2) is 35.7 Å². The zero-order valence-electron chi connectivity index (χ0n) is 8.05. The maximum Gasteiger partial charge on any atom is 0.320 e. The molecule has 6 nitrogen and oxygen atoms in total. The molecule has 0 fully saturated rings. The van der Waals surface area contributed by atoms with Crippen LogP contribution in [0.2, 0.25) is 0 Å². The van der Waals surface area contributed by atoms with Gasteiger partial charge in [0.05, 0.1) is 0 Å². The quantitative estimate of drug-likeness (QED) is 0.535. The minimum Gasteiger partial charge on any atom is -0.480 e. The Morgan fingerprint density at radius 1 is 1.67 bits per heavy atom. The molecule has 0 radical (unpaired) electrons. The Hall–Kier alpha value is -0.720. The van der Waals surface area contributed by atoms with Gasteiger partial charge in [-0.3, -0.25) is 9.79 Å². The first-order valence-electron chi connectivity index (χ1n) is 4.14. The highest BCUT2D eigenvalue weighted by Gasteiger charge is 2.20. The van der Waals surface area contributed by atoms with Gasteiger partial charge in [0.1, 0.15) is 6.04 Å². The van der Waals surface area contributed by atoms with E-state index in [9.17, 15) is 4.79 Å². The zero-order chi connectivity index (χ0) is 9.84. The highest BCUT2D eigenvalue weighted by molar-refractivity contribution is 5.85. The van der Waals surface area contributed by atoms with E-state index >= 15 is 0 Å². The van der Waals surface area contributed by atoms with Gasteiger partial charge in [0.25, 0.3) is 0 Å². The molecular formula is C7H16Cl2N4O2. The Labute approximate surface area is 100 Å². The second kappa shape index (κ2) is 7.56. The molecule has 0 aromatic rings. The van der Waals surface area contributed by atoms with Crippen molar-refractivity contribution in [2.24, 2.45) is 16.5 Å². The van der Waals surface area contributed by atoms with Crippen LogP contribution in [0, 0.1) is 0 Å². The third-order valence-corrected chi connectivity index (χ3v) is 1.97. The summed E-state index contributed by atoms with van der Waals surface area (Å²) in [7, 11) is 0. The maximum atomic E-state index is 10.4. The van der Waals surface area contributed by atoms with Crippen LogP contribution in [0.25, 0.3) is 0 Å². The van der Waals surface area contributed by atoms with E-state index in [0.29, 0.717) is 18.9 Å². The number of nitrogens with two attached hydrogens (primary N) is 2. The van der Waals surface area contributed by atoms with E-state index in [1.165, 1.54) is 0 Å². The van der Waals surface area contributed by atoms with Crippen LogP contribution < -0.4 is 16.8 Å². The molecule has 6 N–H and O–H groups in total. The van der Waals surface area contributed by atoms with Crippen LogP contribution in [0.1, 0.15) is 12.8 Å². The Morgan fingerprint density at radius 2 is 2.27 bits per heavy atom. The van der Waals surface area contributed by atoms with E-state index in [1.807, 2.05) is 0 Å². The highest BCUT2D eigenvalue weighted by atomic mass is 35.5. The summed E-state index contributed by atoms with van der Waals surface area (Å²) in [4.78, 5) is 14.4. The molecule has 0 aromatic heterocycles. The smallest absolute Gasteiger partial charge is 0.320 e. The molecule has 15 heavy (non-hydrogen) atoms. The van der Waals surface area contributed by atoms with Crippen LogP contribution in [-0.2, 0) is 4.79 Å². The largest absolute Gasteiger partial charge is 0.480 e. The number of nitrogens with one attached hydrogen (secondary N) is 1. The maximum absolute atomic E-state index is 10.4. The van der Waals surface area contributed by atoms with E-state index in [4.69, 9.17) is 16.6 Å². The Bertz CT molecular complexity index is 237. The first-order chi connectivity index (χ1) is 6.09. The topological polar surface area (TPSA) is 114 Å². The minimum atomic E-state index is -0.983. The van der Waals surface area contributed by atoms with E-state index in [2.05, 4.69) is 10.3 Å². The number of halogens is 2. The zero-order valence-corrected chi connectivity index (χ0v) is 9.68. The molecule has 0 unspecified atom stereocenters. The van der Waals surface area contributed by atoms with Crippen LogP contribution in [0.3, 0.4) is 0 Å². The van der Waals surface area contributed by atoms with Crippen molar-refractivity contribution in [3.05, 3.63) is 0 Å². The van der Waals surface area contributed by atoms with Gasteiger partial charge in [0.2, 0.25) is 0 Å². The molecule has 0 aliphatic carbocycles. The fourth-order valence-electron chi connectivity index (χ4n) is 1.25. The van der Waals surface area contributed by atoms with Gasteiger partial charge >= 0.3 is 5.97 Å². The Balaban J connectivity index is 0. The first-order valence-corrected chi connectivity index (χ1v) is 4.14. The predicted octanol–water partition coefficient (Wildman–Crippen LogP) is -0.691. The van der Waals surface area contributed by atoms with Gasteiger partial charge < -0.3 is 21.9 Å². The van der Waals surface area contributed by atoms with Crippen molar-refractivity contribution in [2.45, 2.75) is 24.9 Å². The number of hydrogen-bond donors (Lipinski definition) is 4. The van der Waals surface area contributed by atoms with Crippen molar-refractivity contribution in [3.8, 4) is 0 Å². The molecule has 1 aliphatic heterocycles. The number of guanidine groups is 1. The molecule has 2 atom stereocenters. The fourth-order valence-corrected chi connectivity index (χ4v) is 1.25. The third-order valence-electron chi connectivity index (χ3n) is 1.97. The second-order valence-corrected chi connectivity index (χ2v) is 3.08. The number of carboxylic acid groups (broad SMARTS) is 1. The molecule has 0 aromatic carbocycles. The number of nitrogens with zero attached hydrogens (tertiary/aromatic N) is 1. The lowest BCUT2D eigenvalue weighted by molar-refractivity contribution is -0.138. The average Bonchev–Trinajstić information content (AvgIpc) is 2.04. The van der Waals surface area contributed by atoms with Gasteiger partial charge in [-0.15, -0.1) is 24.8 Å². The Kier molecular flexibility index (Phi) is 8.41. The minimum absolute atomic E-state index is 0. The van der Waals surface area contributed by atoms with Crippen LogP contribution in [0.15, 0.2) is 4.99 Å². The van der Waals surface area contributed by atoms with Crippen molar-refractivity contribution < 1.29 is 9.90 Å². The molecule has 90 valence electrons. The van der Waals surface area contributed by atoms with Crippen LogP contribution in [0.5, 0.6) is 0 Å². The van der Waals surface area contributed by atoms with Crippen molar-refractivity contribution in [1.29, 1.82) is 0 Å². The van der Waals surface area contributed by atoms with Crippen LogP contribution >= 0.6 is 24.8 Å². The lowest BCUT2D eigenvalue weighted by Gasteiger charge is -2.23. The van der Waals surface area contributed by atoms with Crippen molar-refractivity contribution >= 4 is 36.7 Å². The Morgan fingerprint density at radius 3 is 2.73 bits per heavy atom. The molecule has 8 heteroatoms. The highest BCUT2D eigenvalue weighted by Crippen LogP contribution is 2.05. The molecule has 1 rings (SSSR count). The molecule has 0 saturated carbocycles. The van der Waals surface area contributed by atoms with Gasteiger partial charge in [-0.05, 0) is 12.8 Å². The summed E-state index contributed by atoms with van der Waals surface area (Å²) in [5.74, 6) is -0.614. The van der Waals surface area contributed by atoms with Gasteiger partial charge in [0.15, 0.2) is 5.96 Å². The summed E-state index contributed by atoms with van der Waals surface area (Å²) in [6.07, 6.45) is 1.16. The summed E-state index contributed by atoms with van der Waals surface area (Å²) < 4.78 is 0. The summed E-state index contributed by atoms with van der Waals surface area (Å²) in [5.41, 5.74) is 10.8. The van der Waals surface area contributed by atoms with E-state index < -0.39 is 12.0 Å². The lowest BCUT2D eigenvalue weighted by atomic mass is 10.0. The van der Waals surface area contributed by atoms with E-state index in [-0.39, 0.29) is 30.9 Å². The number of carbonyl (C=O) groups is 1. The number of aliphatic carboxylic acids is 1. The van der Waals surface area contributed by atoms with E-state index in [1.54, 1.807) is 0 Å². The molecule has 0 saturated heterocycles. The van der Waals surface area contributed by atoms with Crippen molar-refractivity contribution in [1.82, 2.24) is 5.32 Å². The van der Waals surface area contributed by atoms with Gasteiger partial charge in [-0.2, -0.15) is 0 Å². The first kappa shape index (κ1) is 16.7. The average molecular weight is 259 g/mol. The monoisotopic (exact) mass is 258 g/mol. The van der Waals surface area contributed by atoms with Gasteiger partial charge in [-0.1, -0.05) is 0 Å². The standard InChI is InChI=1S/C7H14N4O2.2ClH/c8-5(6(12)13)3-4-1-2-10-7(9)11-4;;/h4-5H,1-3,8H2,(H,12,13)(H3,9,10,11);2*1H/t4-,5-;;/m0../s1. The molecule has 0 amide bonds. The van der Waals surface area contributed by atoms with E-state index in [0.717, 1.165) is 6.42 Å². The lowest BCUT2D eigenvalue weighted by Crippen LogP contribution is -2.47. The summed E-state index contributed by atoms with van der Waals surface area (Å²) >= 11 is 0. The second-order valence-electron chi connectivity index (χ2n) is 3.08. The number of rotatable bonds is 3. The number of hydrogen-bond acceptors (Lipinski definition) is 5. The molecule has 0 spiro atoms. The molecular weight excluding hydrogens is 243 g/mol. The fraction of sp³-hybridized carbons (Fsp3) is 0.714. The SMILES string of the molecule is Cl.Cl.NC1=NCC[C@@H](C[C@H](N)C(=O)O)N1. The van der Waals surface area contributed by atoms with Gasteiger partial charge in [0, 0.05) is 12.6 Å². The van der Waals surface area contributed by atoms with Gasteiger partial charge in [-0.25, -0.2) is 0 Å². The molecule has 0 bridgehead atoms. The number of carboxylic acids is 1. The number of aliphatic imine (C=N–C) groups is 1. The summed E-state index contributed by atoms with van der Waals surface area (Å²) in [5, 5.41) is 11.5. The normalized spacial score (nSPS) is 21.1. The summed E-state index contributed by atoms with van der Waals surface area (Å²) in [6, 6.07) is -0.799. The van der Waals surface area contributed by atoms with Crippen molar-refractivity contribution in [3.63, 3.8) is 0 Å². The van der Waals surface area contributed by atoms with Crippen LogP contribution in [0.4, 0.5) is 0 Å². The third kappa shape index (κ3) is 5.66. The predicted molar refractivity (Wildman–Crippen MR) is 62.8 cm³/mol. The molecule has 1 heterocycles. The molecule has 1 aliphatic rings. The van der Waals surface area contributed by atoms with Crippen molar-refractivity contribution in [2.75, 3.05) is 6.54 Å². The summed E-state index contributed by atoms with van der Waals surface area (Å²) in [6.45, 7) is 0.635.